The summed E-state index contributed by atoms with van der Waals surface area (Å²) in [5, 5.41) is 15.8. The lowest BCUT2D eigenvalue weighted by Crippen LogP contribution is -2.29. The molecule has 1 aromatic carbocycles. The number of carbonyl (C=O) groups excluding carboxylic acids is 1. The predicted octanol–water partition coefficient (Wildman–Crippen LogP) is 3.53. The number of rotatable bonds is 6. The Bertz CT molecular complexity index is 1260. The molecule has 0 spiro atoms. The van der Waals surface area contributed by atoms with Crippen LogP contribution in [0.15, 0.2) is 18.3 Å². The van der Waals surface area contributed by atoms with Gasteiger partial charge in [-0.15, -0.1) is 0 Å². The number of fused-ring (bicyclic) bond motifs is 1. The van der Waals surface area contributed by atoms with Crippen molar-refractivity contribution in [3.63, 3.8) is 0 Å². The Kier molecular flexibility index (Phi) is 6.22. The first kappa shape index (κ1) is 23.3. The number of nitrogens with zero attached hydrogens (tertiary/aromatic N) is 4. The summed E-state index contributed by atoms with van der Waals surface area (Å²) in [6.45, 7) is 0. The maximum Gasteiger partial charge on any atom is 0.224 e. The zero-order valence-electron chi connectivity index (χ0n) is 18.8. The third kappa shape index (κ3) is 4.62. The molecule has 9 nitrogen and oxygen atoms in total. The lowest BCUT2D eigenvalue weighted by atomic mass is 9.85. The Morgan fingerprint density at radius 2 is 1.83 bits per heavy atom. The van der Waals surface area contributed by atoms with E-state index in [1.54, 1.807) is 4.57 Å². The van der Waals surface area contributed by atoms with Gasteiger partial charge in [0.1, 0.15) is 5.52 Å². The number of halogens is 3. The molecule has 2 fully saturated rings. The van der Waals surface area contributed by atoms with E-state index in [-0.39, 0.29) is 41.6 Å². The van der Waals surface area contributed by atoms with Crippen LogP contribution in [-0.4, -0.2) is 42.7 Å². The Balaban J connectivity index is 1.52. The number of aromatic nitrogens is 4. The number of imidazole rings is 1. The molecule has 2 saturated carbocycles. The highest BCUT2D eigenvalue weighted by Gasteiger charge is 2.30. The summed E-state index contributed by atoms with van der Waals surface area (Å²) in [7, 11) is 0. The number of hydrogen-bond donors (Lipinski definition) is 4. The molecule has 0 unspecified atom stereocenters. The number of nitrogens with one attached hydrogen (secondary N) is 2. The SMILES string of the molecule is NC(=O)C1CCC(n2c(Nc3ccc(F)c(F)c3F)nc3cnc(N[C@@H]4CC[C@@H](O)C4)nc32)CC1. The number of anilines is 3. The van der Waals surface area contributed by atoms with Gasteiger partial charge in [0.05, 0.1) is 18.0 Å². The van der Waals surface area contributed by atoms with Crippen molar-refractivity contribution in [1.29, 1.82) is 0 Å². The highest BCUT2D eigenvalue weighted by molar-refractivity contribution is 5.78. The van der Waals surface area contributed by atoms with E-state index in [1.165, 1.54) is 6.20 Å². The first-order chi connectivity index (χ1) is 16.8. The molecule has 2 aliphatic rings. The maximum atomic E-state index is 14.4. The second-order valence-electron chi connectivity index (χ2n) is 9.27. The Labute approximate surface area is 199 Å². The monoisotopic (exact) mass is 489 g/mol. The zero-order valence-corrected chi connectivity index (χ0v) is 18.8. The van der Waals surface area contributed by atoms with E-state index < -0.39 is 17.5 Å². The van der Waals surface area contributed by atoms with Crippen LogP contribution in [0.3, 0.4) is 0 Å². The number of primary amides is 1. The Morgan fingerprint density at radius 3 is 2.51 bits per heavy atom. The van der Waals surface area contributed by atoms with Crippen molar-refractivity contribution in [2.24, 2.45) is 11.7 Å². The van der Waals surface area contributed by atoms with E-state index in [9.17, 15) is 23.1 Å². The van der Waals surface area contributed by atoms with Crippen LogP contribution in [0.2, 0.25) is 0 Å². The molecular weight excluding hydrogens is 463 g/mol. The van der Waals surface area contributed by atoms with Crippen LogP contribution in [0.25, 0.3) is 11.2 Å². The second kappa shape index (κ2) is 9.33. The van der Waals surface area contributed by atoms with Crippen molar-refractivity contribution in [3.8, 4) is 0 Å². The maximum absolute atomic E-state index is 14.4. The van der Waals surface area contributed by atoms with Gasteiger partial charge in [-0.1, -0.05) is 0 Å². The minimum absolute atomic E-state index is 0.0405. The van der Waals surface area contributed by atoms with E-state index >= 15 is 0 Å². The molecule has 35 heavy (non-hydrogen) atoms. The average molecular weight is 490 g/mol. The number of nitrogens with two attached hydrogens (primary N) is 1. The van der Waals surface area contributed by atoms with Crippen LogP contribution >= 0.6 is 0 Å². The summed E-state index contributed by atoms with van der Waals surface area (Å²) in [6.07, 6.45) is 5.64. The van der Waals surface area contributed by atoms with Gasteiger partial charge in [0.2, 0.25) is 17.8 Å². The standard InChI is InChI=1S/C23H26F3N7O2/c24-15-7-8-16(19(26)18(15)25)30-23-31-17-10-28-22(29-12-3-6-14(34)9-12)32-21(17)33(23)13-4-1-11(2-5-13)20(27)35/h7-8,10-14,34H,1-6,9H2,(H2,27,35)(H,30,31)(H,28,29,32)/t11?,12-,13?,14-/m1/s1. The van der Waals surface area contributed by atoms with Gasteiger partial charge in [-0.2, -0.15) is 4.98 Å². The second-order valence-corrected chi connectivity index (χ2v) is 9.27. The predicted molar refractivity (Wildman–Crippen MR) is 122 cm³/mol. The number of aliphatic hydroxyl groups excluding tert-OH is 1. The molecule has 0 saturated heterocycles. The fourth-order valence-corrected chi connectivity index (χ4v) is 5.03. The molecule has 5 rings (SSSR count). The minimum atomic E-state index is -1.58. The average Bonchev–Trinajstić information content (AvgIpc) is 3.41. The first-order valence-electron chi connectivity index (χ1n) is 11.7. The Hall–Kier alpha value is -3.41. The van der Waals surface area contributed by atoms with Crippen molar-refractivity contribution < 1.29 is 23.1 Å². The zero-order chi connectivity index (χ0) is 24.7. The summed E-state index contributed by atoms with van der Waals surface area (Å²) in [5.41, 5.74) is 6.13. The van der Waals surface area contributed by atoms with E-state index in [0.29, 0.717) is 55.6 Å². The normalized spacial score (nSPS) is 24.6. The fraction of sp³-hybridized carbons (Fsp3) is 0.478. The molecule has 5 N–H and O–H groups in total. The third-order valence-electron chi connectivity index (χ3n) is 6.92. The van der Waals surface area contributed by atoms with Crippen molar-refractivity contribution in [1.82, 2.24) is 19.5 Å². The van der Waals surface area contributed by atoms with Gasteiger partial charge in [-0.3, -0.25) is 9.36 Å². The van der Waals surface area contributed by atoms with Crippen LogP contribution in [0.5, 0.6) is 0 Å². The molecule has 2 heterocycles. The van der Waals surface area contributed by atoms with E-state index in [0.717, 1.165) is 18.6 Å². The summed E-state index contributed by atoms with van der Waals surface area (Å²) >= 11 is 0. The van der Waals surface area contributed by atoms with Gasteiger partial charge in [0.25, 0.3) is 0 Å². The molecule has 2 atom stereocenters. The van der Waals surface area contributed by atoms with E-state index in [1.807, 2.05) is 0 Å². The van der Waals surface area contributed by atoms with Crippen LogP contribution < -0.4 is 16.4 Å². The smallest absolute Gasteiger partial charge is 0.224 e. The number of benzene rings is 1. The summed E-state index contributed by atoms with van der Waals surface area (Å²) < 4.78 is 43.5. The number of hydrogen-bond acceptors (Lipinski definition) is 7. The molecule has 2 aliphatic carbocycles. The molecule has 0 aliphatic heterocycles. The minimum Gasteiger partial charge on any atom is -0.393 e. The van der Waals surface area contributed by atoms with Gasteiger partial charge < -0.3 is 21.5 Å². The first-order valence-corrected chi connectivity index (χ1v) is 11.7. The topological polar surface area (TPSA) is 131 Å². The molecule has 186 valence electrons. The van der Waals surface area contributed by atoms with Gasteiger partial charge in [0, 0.05) is 18.0 Å². The van der Waals surface area contributed by atoms with Crippen LogP contribution in [0.4, 0.5) is 30.8 Å². The highest BCUT2D eigenvalue weighted by Crippen LogP contribution is 2.37. The molecule has 1 amide bonds. The van der Waals surface area contributed by atoms with E-state index in [2.05, 4.69) is 25.6 Å². The number of amides is 1. The molecule has 0 radical (unpaired) electrons. The molecule has 0 bridgehead atoms. The van der Waals surface area contributed by atoms with Gasteiger partial charge in [-0.25, -0.2) is 23.1 Å². The lowest BCUT2D eigenvalue weighted by molar-refractivity contribution is -0.122. The quantitative estimate of drug-likeness (QED) is 0.390. The van der Waals surface area contributed by atoms with Crippen LogP contribution in [-0.2, 0) is 4.79 Å². The third-order valence-corrected chi connectivity index (χ3v) is 6.92. The highest BCUT2D eigenvalue weighted by atomic mass is 19.2. The van der Waals surface area contributed by atoms with Crippen LogP contribution in [0.1, 0.15) is 51.0 Å². The molecular formula is C23H26F3N7O2. The van der Waals surface area contributed by atoms with Gasteiger partial charge in [0.15, 0.2) is 23.1 Å². The molecule has 3 aromatic rings. The van der Waals surface area contributed by atoms with Crippen molar-refractivity contribution in [2.75, 3.05) is 10.6 Å². The van der Waals surface area contributed by atoms with E-state index in [4.69, 9.17) is 5.73 Å². The van der Waals surface area contributed by atoms with Gasteiger partial charge >= 0.3 is 0 Å². The fourth-order valence-electron chi connectivity index (χ4n) is 5.03. The van der Waals surface area contributed by atoms with Crippen LogP contribution in [0, 0.1) is 23.4 Å². The summed E-state index contributed by atoms with van der Waals surface area (Å²) in [4.78, 5) is 25.1. The van der Waals surface area contributed by atoms with Crippen molar-refractivity contribution in [2.45, 2.75) is 63.1 Å². The largest absolute Gasteiger partial charge is 0.393 e. The van der Waals surface area contributed by atoms with Crippen molar-refractivity contribution in [3.05, 3.63) is 35.8 Å². The summed E-state index contributed by atoms with van der Waals surface area (Å²) in [6, 6.07) is 1.84. The Morgan fingerprint density at radius 1 is 1.06 bits per heavy atom. The van der Waals surface area contributed by atoms with Gasteiger partial charge in [-0.05, 0) is 57.1 Å². The molecule has 12 heteroatoms. The number of aliphatic hydroxyl groups is 1. The number of carbonyl (C=O) groups is 1. The molecule has 2 aromatic heterocycles. The lowest BCUT2D eigenvalue weighted by Gasteiger charge is -2.29. The van der Waals surface area contributed by atoms with Crippen molar-refractivity contribution >= 4 is 34.7 Å². The summed E-state index contributed by atoms with van der Waals surface area (Å²) in [5.74, 6) is -4.20.